The molecule has 0 bridgehead atoms. The summed E-state index contributed by atoms with van der Waals surface area (Å²) in [6.45, 7) is 4.67. The van der Waals surface area contributed by atoms with E-state index in [4.69, 9.17) is 5.73 Å². The topological polar surface area (TPSA) is 83.7 Å². The lowest BCUT2D eigenvalue weighted by Gasteiger charge is -2.34. The van der Waals surface area contributed by atoms with Crippen molar-refractivity contribution >= 4 is 27.3 Å². The van der Waals surface area contributed by atoms with E-state index in [0.29, 0.717) is 29.8 Å². The third-order valence-electron chi connectivity index (χ3n) is 5.18. The minimum Gasteiger partial charge on any atom is -0.342 e. The van der Waals surface area contributed by atoms with Gasteiger partial charge in [-0.1, -0.05) is 0 Å². The maximum atomic E-state index is 12.6. The number of sulfonamides is 1. The Hall–Kier alpha value is -0.960. The molecule has 8 heteroatoms. The van der Waals surface area contributed by atoms with E-state index in [9.17, 15) is 13.2 Å². The number of piperidine rings is 1. The van der Waals surface area contributed by atoms with E-state index < -0.39 is 10.0 Å². The van der Waals surface area contributed by atoms with E-state index in [1.165, 1.54) is 11.3 Å². The van der Waals surface area contributed by atoms with E-state index in [-0.39, 0.29) is 18.4 Å². The fourth-order valence-corrected chi connectivity index (χ4v) is 6.59. The highest BCUT2D eigenvalue weighted by Gasteiger charge is 2.29. The molecule has 1 aromatic rings. The highest BCUT2D eigenvalue weighted by molar-refractivity contribution is 7.91. The first kappa shape index (κ1) is 18.8. The van der Waals surface area contributed by atoms with Gasteiger partial charge in [0.05, 0.1) is 6.42 Å². The van der Waals surface area contributed by atoms with Gasteiger partial charge in [0.25, 0.3) is 10.0 Å². The van der Waals surface area contributed by atoms with Crippen molar-refractivity contribution in [3.05, 3.63) is 17.0 Å². The van der Waals surface area contributed by atoms with Gasteiger partial charge < -0.3 is 10.6 Å². The summed E-state index contributed by atoms with van der Waals surface area (Å²) in [5.41, 5.74) is 5.99. The van der Waals surface area contributed by atoms with Gasteiger partial charge in [-0.3, -0.25) is 4.79 Å². The van der Waals surface area contributed by atoms with Gasteiger partial charge in [0.1, 0.15) is 4.21 Å². The van der Waals surface area contributed by atoms with Gasteiger partial charge in [-0.15, -0.1) is 11.3 Å². The molecule has 2 unspecified atom stereocenters. The Balaban J connectivity index is 1.64. The van der Waals surface area contributed by atoms with Gasteiger partial charge in [0.2, 0.25) is 5.91 Å². The normalized spacial score (nSPS) is 23.8. The third kappa shape index (κ3) is 4.24. The summed E-state index contributed by atoms with van der Waals surface area (Å²) < 4.78 is 27.1. The minimum absolute atomic E-state index is 0.0670. The fourth-order valence-electron chi connectivity index (χ4n) is 3.57. The molecule has 1 amide bonds. The van der Waals surface area contributed by atoms with Crippen LogP contribution in [0.25, 0.3) is 0 Å². The van der Waals surface area contributed by atoms with E-state index in [0.717, 1.165) is 37.1 Å². The van der Waals surface area contributed by atoms with E-state index in [1.807, 2.05) is 11.8 Å². The molecular weight excluding hydrogens is 358 g/mol. The van der Waals surface area contributed by atoms with Crippen LogP contribution < -0.4 is 5.73 Å². The van der Waals surface area contributed by atoms with Gasteiger partial charge >= 0.3 is 0 Å². The van der Waals surface area contributed by atoms with Crippen LogP contribution in [-0.2, 0) is 21.2 Å². The lowest BCUT2D eigenvalue weighted by Crippen LogP contribution is -2.45. The minimum atomic E-state index is -3.39. The SMILES string of the molecule is CC(N)C1CCCN(C(=O)Cc2ccc(S(=O)(=O)N3CCCC3)s2)C1. The molecule has 0 aromatic carbocycles. The zero-order valence-electron chi connectivity index (χ0n) is 14.7. The van der Waals surface area contributed by atoms with Crippen molar-refractivity contribution in [3.8, 4) is 0 Å². The molecule has 0 radical (unpaired) electrons. The van der Waals surface area contributed by atoms with Crippen molar-refractivity contribution in [2.75, 3.05) is 26.2 Å². The predicted octanol–water partition coefficient (Wildman–Crippen LogP) is 1.66. The average molecular weight is 386 g/mol. The second-order valence-corrected chi connectivity index (χ2v) is 10.4. The van der Waals surface area contributed by atoms with E-state index in [1.54, 1.807) is 16.4 Å². The van der Waals surface area contributed by atoms with Crippen LogP contribution in [-0.4, -0.2) is 55.8 Å². The number of rotatable bonds is 5. The Bertz CT molecular complexity index is 708. The van der Waals surface area contributed by atoms with Crippen LogP contribution in [0.15, 0.2) is 16.3 Å². The lowest BCUT2D eigenvalue weighted by atomic mass is 9.92. The molecule has 0 aliphatic carbocycles. The predicted molar refractivity (Wildman–Crippen MR) is 99.0 cm³/mol. The molecule has 140 valence electrons. The molecule has 0 saturated carbocycles. The van der Waals surface area contributed by atoms with Crippen LogP contribution in [0.5, 0.6) is 0 Å². The Morgan fingerprint density at radius 2 is 2.00 bits per heavy atom. The smallest absolute Gasteiger partial charge is 0.252 e. The molecule has 2 saturated heterocycles. The van der Waals surface area contributed by atoms with Crippen LogP contribution in [0.2, 0.25) is 0 Å². The standard InChI is InChI=1S/C17H27N3O3S2/c1-13(18)14-5-4-8-19(12-14)16(21)11-15-6-7-17(24-15)25(22,23)20-9-2-3-10-20/h6-7,13-14H,2-5,8-12,18H2,1H3. The van der Waals surface area contributed by atoms with Crippen molar-refractivity contribution < 1.29 is 13.2 Å². The van der Waals surface area contributed by atoms with Crippen LogP contribution in [0.3, 0.4) is 0 Å². The molecule has 2 atom stereocenters. The van der Waals surface area contributed by atoms with E-state index in [2.05, 4.69) is 0 Å². The summed E-state index contributed by atoms with van der Waals surface area (Å²) in [6, 6.07) is 3.51. The first-order valence-electron chi connectivity index (χ1n) is 9.00. The Labute approximate surface area is 154 Å². The number of carbonyl (C=O) groups excluding carboxylic acids is 1. The molecule has 3 heterocycles. The van der Waals surface area contributed by atoms with Crippen molar-refractivity contribution in [1.29, 1.82) is 0 Å². The van der Waals surface area contributed by atoms with Gasteiger partial charge in [-0.2, -0.15) is 4.31 Å². The van der Waals surface area contributed by atoms with Gasteiger partial charge in [-0.25, -0.2) is 8.42 Å². The van der Waals surface area contributed by atoms with Crippen molar-refractivity contribution in [1.82, 2.24) is 9.21 Å². The zero-order valence-corrected chi connectivity index (χ0v) is 16.3. The first-order chi connectivity index (χ1) is 11.9. The number of nitrogens with two attached hydrogens (primary N) is 1. The molecular formula is C17H27N3O3S2. The summed E-state index contributed by atoms with van der Waals surface area (Å²) >= 11 is 1.22. The van der Waals surface area contributed by atoms with Crippen molar-refractivity contribution in [2.24, 2.45) is 11.7 Å². The quantitative estimate of drug-likeness (QED) is 0.835. The van der Waals surface area contributed by atoms with Crippen LogP contribution in [0.4, 0.5) is 0 Å². The van der Waals surface area contributed by atoms with E-state index >= 15 is 0 Å². The Kier molecular flexibility index (Phi) is 5.82. The third-order valence-corrected chi connectivity index (χ3v) is 8.63. The summed E-state index contributed by atoms with van der Waals surface area (Å²) in [5, 5.41) is 0. The number of hydrogen-bond acceptors (Lipinski definition) is 5. The molecule has 0 spiro atoms. The molecule has 2 N–H and O–H groups in total. The molecule has 2 fully saturated rings. The van der Waals surface area contributed by atoms with Crippen LogP contribution >= 0.6 is 11.3 Å². The molecule has 25 heavy (non-hydrogen) atoms. The molecule has 1 aromatic heterocycles. The maximum Gasteiger partial charge on any atom is 0.252 e. The summed E-state index contributed by atoms with van der Waals surface area (Å²) in [4.78, 5) is 15.3. The lowest BCUT2D eigenvalue weighted by molar-refractivity contribution is -0.132. The average Bonchev–Trinajstić information content (AvgIpc) is 3.27. The first-order valence-corrected chi connectivity index (χ1v) is 11.3. The number of likely N-dealkylation sites (tertiary alicyclic amines) is 1. The number of nitrogens with zero attached hydrogens (tertiary/aromatic N) is 2. The molecule has 2 aliphatic rings. The Morgan fingerprint density at radius 3 is 2.68 bits per heavy atom. The molecule has 6 nitrogen and oxygen atoms in total. The van der Waals surface area contributed by atoms with Gasteiger partial charge in [0.15, 0.2) is 0 Å². The maximum absolute atomic E-state index is 12.6. The zero-order chi connectivity index (χ0) is 18.0. The van der Waals surface area contributed by atoms with Gasteiger partial charge in [0, 0.05) is 37.1 Å². The monoisotopic (exact) mass is 385 g/mol. The van der Waals surface area contributed by atoms with Crippen molar-refractivity contribution in [2.45, 2.75) is 49.3 Å². The van der Waals surface area contributed by atoms with Gasteiger partial charge in [-0.05, 0) is 50.7 Å². The number of thiophene rings is 1. The fraction of sp³-hybridized carbons (Fsp3) is 0.706. The largest absolute Gasteiger partial charge is 0.342 e. The summed E-state index contributed by atoms with van der Waals surface area (Å²) in [5.74, 6) is 0.421. The number of carbonyl (C=O) groups is 1. The second kappa shape index (κ2) is 7.73. The van der Waals surface area contributed by atoms with Crippen LogP contribution in [0.1, 0.15) is 37.5 Å². The molecule has 2 aliphatic heterocycles. The highest BCUT2D eigenvalue weighted by Crippen LogP contribution is 2.28. The summed E-state index contributed by atoms with van der Waals surface area (Å²) in [6.07, 6.45) is 4.17. The van der Waals surface area contributed by atoms with Crippen LogP contribution in [0, 0.1) is 5.92 Å². The second-order valence-electron chi connectivity index (χ2n) is 7.11. The summed E-state index contributed by atoms with van der Waals surface area (Å²) in [7, 11) is -3.39. The van der Waals surface area contributed by atoms with Crippen molar-refractivity contribution in [3.63, 3.8) is 0 Å². The number of amides is 1. The molecule has 3 rings (SSSR count). The Morgan fingerprint density at radius 1 is 1.28 bits per heavy atom. The number of hydrogen-bond donors (Lipinski definition) is 1. The highest BCUT2D eigenvalue weighted by atomic mass is 32.2.